The SMILES string of the molecule is CNC(c1cnccc1N)C1CCC(C)CC1. The number of hydrogen-bond donors (Lipinski definition) is 2. The smallest absolute Gasteiger partial charge is 0.0393 e. The molecule has 1 aromatic heterocycles. The Morgan fingerprint density at radius 2 is 2.06 bits per heavy atom. The van der Waals surface area contributed by atoms with Crippen molar-refractivity contribution in [1.29, 1.82) is 0 Å². The molecule has 0 radical (unpaired) electrons. The van der Waals surface area contributed by atoms with Gasteiger partial charge in [0, 0.05) is 29.7 Å². The van der Waals surface area contributed by atoms with Crippen LogP contribution < -0.4 is 11.1 Å². The third-order valence-corrected chi connectivity index (χ3v) is 4.07. The summed E-state index contributed by atoms with van der Waals surface area (Å²) >= 11 is 0. The molecule has 0 spiro atoms. The van der Waals surface area contributed by atoms with Crippen LogP contribution in [0, 0.1) is 11.8 Å². The van der Waals surface area contributed by atoms with Gasteiger partial charge in [-0.15, -0.1) is 0 Å². The lowest BCUT2D eigenvalue weighted by atomic mass is 9.77. The summed E-state index contributed by atoms with van der Waals surface area (Å²) in [5.41, 5.74) is 8.07. The van der Waals surface area contributed by atoms with Gasteiger partial charge in [0.1, 0.15) is 0 Å². The minimum absolute atomic E-state index is 0.358. The normalized spacial score (nSPS) is 26.7. The minimum atomic E-state index is 0.358. The molecule has 1 heterocycles. The van der Waals surface area contributed by atoms with Crippen LogP contribution in [0.2, 0.25) is 0 Å². The van der Waals surface area contributed by atoms with Gasteiger partial charge in [-0.1, -0.05) is 19.8 Å². The number of anilines is 1. The van der Waals surface area contributed by atoms with Crippen LogP contribution in [0.4, 0.5) is 5.69 Å². The van der Waals surface area contributed by atoms with E-state index in [0.717, 1.165) is 17.2 Å². The van der Waals surface area contributed by atoms with Crippen molar-refractivity contribution in [3.8, 4) is 0 Å². The van der Waals surface area contributed by atoms with E-state index in [-0.39, 0.29) is 0 Å². The van der Waals surface area contributed by atoms with E-state index in [4.69, 9.17) is 5.73 Å². The zero-order valence-electron chi connectivity index (χ0n) is 10.8. The van der Waals surface area contributed by atoms with Crippen LogP contribution in [0.15, 0.2) is 18.5 Å². The van der Waals surface area contributed by atoms with Gasteiger partial charge in [-0.3, -0.25) is 4.98 Å². The van der Waals surface area contributed by atoms with E-state index in [1.165, 1.54) is 25.7 Å². The molecule has 1 fully saturated rings. The van der Waals surface area contributed by atoms with E-state index in [1.54, 1.807) is 6.20 Å². The fourth-order valence-electron chi connectivity index (χ4n) is 2.94. The highest BCUT2D eigenvalue weighted by atomic mass is 14.9. The topological polar surface area (TPSA) is 50.9 Å². The molecule has 0 aliphatic heterocycles. The van der Waals surface area contributed by atoms with Gasteiger partial charge < -0.3 is 11.1 Å². The first-order chi connectivity index (χ1) is 8.22. The molecule has 0 bridgehead atoms. The third-order valence-electron chi connectivity index (χ3n) is 4.07. The van der Waals surface area contributed by atoms with E-state index >= 15 is 0 Å². The largest absolute Gasteiger partial charge is 0.398 e. The molecule has 2 rings (SSSR count). The highest BCUT2D eigenvalue weighted by Gasteiger charge is 2.27. The maximum absolute atomic E-state index is 6.05. The molecule has 1 aliphatic rings. The lowest BCUT2D eigenvalue weighted by Crippen LogP contribution is -2.29. The summed E-state index contributed by atoms with van der Waals surface area (Å²) in [5.74, 6) is 1.58. The summed E-state index contributed by atoms with van der Waals surface area (Å²) in [4.78, 5) is 4.20. The Balaban J connectivity index is 2.14. The van der Waals surface area contributed by atoms with E-state index in [1.807, 2.05) is 19.3 Å². The predicted octanol–water partition coefficient (Wildman–Crippen LogP) is 2.75. The Bertz CT molecular complexity index is 356. The van der Waals surface area contributed by atoms with Gasteiger partial charge in [0.05, 0.1) is 0 Å². The molecule has 3 nitrogen and oxygen atoms in total. The fraction of sp³-hybridized carbons (Fsp3) is 0.643. The molecule has 94 valence electrons. The van der Waals surface area contributed by atoms with Crippen molar-refractivity contribution in [2.75, 3.05) is 12.8 Å². The van der Waals surface area contributed by atoms with Crippen molar-refractivity contribution >= 4 is 5.69 Å². The molecular weight excluding hydrogens is 210 g/mol. The summed E-state index contributed by atoms with van der Waals surface area (Å²) < 4.78 is 0. The number of hydrogen-bond acceptors (Lipinski definition) is 3. The van der Waals surface area contributed by atoms with Crippen molar-refractivity contribution in [2.45, 2.75) is 38.6 Å². The van der Waals surface area contributed by atoms with Gasteiger partial charge in [0.25, 0.3) is 0 Å². The second-order valence-electron chi connectivity index (χ2n) is 5.29. The van der Waals surface area contributed by atoms with Gasteiger partial charge in [-0.2, -0.15) is 0 Å². The molecule has 0 amide bonds. The van der Waals surface area contributed by atoms with Gasteiger partial charge in [0.15, 0.2) is 0 Å². The molecule has 1 aliphatic carbocycles. The number of nitrogens with two attached hydrogens (primary N) is 1. The third kappa shape index (κ3) is 2.78. The number of nitrogen functional groups attached to an aromatic ring is 1. The number of nitrogens with zero attached hydrogens (tertiary/aromatic N) is 1. The summed E-state index contributed by atoms with van der Waals surface area (Å²) in [5, 5.41) is 3.42. The maximum Gasteiger partial charge on any atom is 0.0393 e. The van der Waals surface area contributed by atoms with Crippen LogP contribution in [0.5, 0.6) is 0 Å². The lowest BCUT2D eigenvalue weighted by Gasteiger charge is -2.33. The summed E-state index contributed by atoms with van der Waals surface area (Å²) in [6.45, 7) is 2.35. The molecule has 1 aromatic rings. The average molecular weight is 233 g/mol. The van der Waals surface area contributed by atoms with Gasteiger partial charge in [-0.05, 0) is 37.8 Å². The van der Waals surface area contributed by atoms with Gasteiger partial charge in [0.2, 0.25) is 0 Å². The van der Waals surface area contributed by atoms with E-state index in [2.05, 4.69) is 17.2 Å². The van der Waals surface area contributed by atoms with Crippen LogP contribution in [0.1, 0.15) is 44.2 Å². The molecule has 17 heavy (non-hydrogen) atoms. The summed E-state index contributed by atoms with van der Waals surface area (Å²) in [6, 6.07) is 2.25. The Morgan fingerprint density at radius 1 is 1.35 bits per heavy atom. The molecule has 0 aromatic carbocycles. The van der Waals surface area contributed by atoms with Crippen molar-refractivity contribution in [3.63, 3.8) is 0 Å². The monoisotopic (exact) mass is 233 g/mol. The number of nitrogens with one attached hydrogen (secondary N) is 1. The molecule has 3 N–H and O–H groups in total. The Labute approximate surface area is 104 Å². The van der Waals surface area contributed by atoms with E-state index in [9.17, 15) is 0 Å². The van der Waals surface area contributed by atoms with E-state index < -0.39 is 0 Å². The number of aromatic nitrogens is 1. The first-order valence-electron chi connectivity index (χ1n) is 6.59. The fourth-order valence-corrected chi connectivity index (χ4v) is 2.94. The van der Waals surface area contributed by atoms with Crippen LogP contribution >= 0.6 is 0 Å². The standard InChI is InChI=1S/C14H23N3/c1-10-3-5-11(6-4-10)14(16-2)12-9-17-8-7-13(12)15/h7-11,14,16H,3-6H2,1-2H3,(H2,15,17). The maximum atomic E-state index is 6.05. The van der Waals surface area contributed by atoms with Gasteiger partial charge in [-0.25, -0.2) is 0 Å². The summed E-state index contributed by atoms with van der Waals surface area (Å²) in [6.07, 6.45) is 8.93. The van der Waals surface area contributed by atoms with Crippen molar-refractivity contribution in [2.24, 2.45) is 11.8 Å². The Hall–Kier alpha value is -1.09. The van der Waals surface area contributed by atoms with Crippen LogP contribution in [-0.4, -0.2) is 12.0 Å². The van der Waals surface area contributed by atoms with Crippen molar-refractivity contribution in [3.05, 3.63) is 24.0 Å². The van der Waals surface area contributed by atoms with Crippen LogP contribution in [0.25, 0.3) is 0 Å². The van der Waals surface area contributed by atoms with E-state index in [0.29, 0.717) is 12.0 Å². The molecule has 1 saturated carbocycles. The highest BCUT2D eigenvalue weighted by Crippen LogP contribution is 2.37. The Kier molecular flexibility index (Phi) is 4.00. The molecule has 0 saturated heterocycles. The second-order valence-corrected chi connectivity index (χ2v) is 5.29. The van der Waals surface area contributed by atoms with Crippen molar-refractivity contribution in [1.82, 2.24) is 10.3 Å². The second kappa shape index (κ2) is 5.50. The Morgan fingerprint density at radius 3 is 2.65 bits per heavy atom. The highest BCUT2D eigenvalue weighted by molar-refractivity contribution is 5.46. The minimum Gasteiger partial charge on any atom is -0.398 e. The quantitative estimate of drug-likeness (QED) is 0.844. The first kappa shape index (κ1) is 12.4. The van der Waals surface area contributed by atoms with Crippen molar-refractivity contribution < 1.29 is 0 Å². The predicted molar refractivity (Wildman–Crippen MR) is 71.6 cm³/mol. The zero-order chi connectivity index (χ0) is 12.3. The first-order valence-corrected chi connectivity index (χ1v) is 6.59. The zero-order valence-corrected chi connectivity index (χ0v) is 10.8. The summed E-state index contributed by atoms with van der Waals surface area (Å²) in [7, 11) is 2.02. The number of pyridine rings is 1. The molecule has 1 atom stereocenters. The average Bonchev–Trinajstić information content (AvgIpc) is 2.35. The molecule has 1 unspecified atom stereocenters. The van der Waals surface area contributed by atoms with Crippen LogP contribution in [-0.2, 0) is 0 Å². The number of rotatable bonds is 3. The molecular formula is C14H23N3. The van der Waals surface area contributed by atoms with Gasteiger partial charge >= 0.3 is 0 Å². The lowest BCUT2D eigenvalue weighted by molar-refractivity contribution is 0.238. The van der Waals surface area contributed by atoms with Crippen LogP contribution in [0.3, 0.4) is 0 Å². The molecule has 3 heteroatoms.